The van der Waals surface area contributed by atoms with Gasteiger partial charge in [0.05, 0.1) is 5.69 Å². The normalized spacial score (nSPS) is 13.7. The van der Waals surface area contributed by atoms with Crippen molar-refractivity contribution in [3.8, 4) is 0 Å². The molecule has 1 aromatic heterocycles. The molecule has 1 heterocycles. The lowest BCUT2D eigenvalue weighted by molar-refractivity contribution is -0.134. The van der Waals surface area contributed by atoms with Gasteiger partial charge in [0.15, 0.2) is 0 Å². The molecule has 0 bridgehead atoms. The third-order valence-corrected chi connectivity index (χ3v) is 3.19. The lowest BCUT2D eigenvalue weighted by Crippen LogP contribution is -2.15. The average Bonchev–Trinajstić information content (AvgIpc) is 3.31. The summed E-state index contributed by atoms with van der Waals surface area (Å²) in [6.45, 7) is -0.196. The number of anilines is 3. The van der Waals surface area contributed by atoms with Crippen LogP contribution in [0.2, 0.25) is 0 Å². The maximum atomic E-state index is 10.6. The first-order valence-electron chi connectivity index (χ1n) is 6.87. The first kappa shape index (κ1) is 13.4. The Hall–Kier alpha value is -2.63. The summed E-state index contributed by atoms with van der Waals surface area (Å²) in [5, 5.41) is 14.7. The fraction of sp³-hybridized carbons (Fsp3) is 0.267. The van der Waals surface area contributed by atoms with E-state index in [4.69, 9.17) is 5.11 Å². The Labute approximate surface area is 122 Å². The Morgan fingerprint density at radius 2 is 2.00 bits per heavy atom. The number of carbonyl (C=O) groups is 1. The summed E-state index contributed by atoms with van der Waals surface area (Å²) in [6.07, 6.45) is 2.25. The zero-order valence-corrected chi connectivity index (χ0v) is 11.4. The van der Waals surface area contributed by atoms with E-state index in [1.54, 1.807) is 0 Å². The smallest absolute Gasteiger partial charge is 0.322 e. The van der Waals surface area contributed by atoms with E-state index in [1.807, 2.05) is 36.4 Å². The van der Waals surface area contributed by atoms with Gasteiger partial charge in [0.1, 0.15) is 12.4 Å². The van der Waals surface area contributed by atoms with Gasteiger partial charge in [-0.1, -0.05) is 18.2 Å². The molecule has 21 heavy (non-hydrogen) atoms. The minimum absolute atomic E-state index is 0.196. The summed E-state index contributed by atoms with van der Waals surface area (Å²) in [5.41, 5.74) is 1.89. The third-order valence-electron chi connectivity index (χ3n) is 3.19. The van der Waals surface area contributed by atoms with E-state index in [1.165, 1.54) is 0 Å². The van der Waals surface area contributed by atoms with Gasteiger partial charge in [-0.3, -0.25) is 4.79 Å². The molecule has 0 unspecified atom stereocenters. The van der Waals surface area contributed by atoms with Crippen LogP contribution in [0.3, 0.4) is 0 Å². The van der Waals surface area contributed by atoms with Crippen LogP contribution in [0.15, 0.2) is 36.4 Å². The number of carboxylic acid groups (broad SMARTS) is 1. The van der Waals surface area contributed by atoms with E-state index in [-0.39, 0.29) is 6.54 Å². The molecule has 1 aliphatic carbocycles. The largest absolute Gasteiger partial charge is 0.480 e. The minimum Gasteiger partial charge on any atom is -0.480 e. The number of rotatable bonds is 6. The number of carboxylic acids is 1. The standard InChI is InChI=1S/C15H16N4O2/c20-14(21)9-16-15-18-12(10-6-7-10)8-13(19-15)17-11-4-2-1-3-5-11/h1-5,8,10H,6-7,9H2,(H,20,21)(H2,16,17,18,19). The van der Waals surface area contributed by atoms with Crippen LogP contribution in [0.1, 0.15) is 24.5 Å². The topological polar surface area (TPSA) is 87.1 Å². The molecule has 0 spiro atoms. The number of hydrogen-bond acceptors (Lipinski definition) is 5. The molecule has 3 rings (SSSR count). The molecule has 6 heteroatoms. The lowest BCUT2D eigenvalue weighted by Gasteiger charge is -2.10. The second-order valence-electron chi connectivity index (χ2n) is 5.01. The molecule has 0 radical (unpaired) electrons. The van der Waals surface area contributed by atoms with Crippen molar-refractivity contribution < 1.29 is 9.90 Å². The van der Waals surface area contributed by atoms with Gasteiger partial charge < -0.3 is 15.7 Å². The van der Waals surface area contributed by atoms with Crippen LogP contribution < -0.4 is 10.6 Å². The molecule has 6 nitrogen and oxygen atoms in total. The molecule has 108 valence electrons. The molecule has 0 saturated heterocycles. The molecule has 2 aromatic rings. The van der Waals surface area contributed by atoms with E-state index in [0.717, 1.165) is 24.2 Å². The molecule has 1 saturated carbocycles. The van der Waals surface area contributed by atoms with Crippen LogP contribution in [0, 0.1) is 0 Å². The number of aliphatic carboxylic acids is 1. The molecule has 0 atom stereocenters. The van der Waals surface area contributed by atoms with Crippen LogP contribution in [0.5, 0.6) is 0 Å². The summed E-state index contributed by atoms with van der Waals surface area (Å²) in [6, 6.07) is 11.6. The summed E-state index contributed by atoms with van der Waals surface area (Å²) in [4.78, 5) is 19.3. The van der Waals surface area contributed by atoms with Gasteiger partial charge in [0.2, 0.25) is 5.95 Å². The molecule has 1 fully saturated rings. The van der Waals surface area contributed by atoms with Gasteiger partial charge in [0.25, 0.3) is 0 Å². The van der Waals surface area contributed by atoms with Crippen molar-refractivity contribution in [3.63, 3.8) is 0 Å². The van der Waals surface area contributed by atoms with Crippen LogP contribution in [0.25, 0.3) is 0 Å². The van der Waals surface area contributed by atoms with E-state index >= 15 is 0 Å². The molecule has 1 aliphatic rings. The molecule has 3 N–H and O–H groups in total. The monoisotopic (exact) mass is 284 g/mol. The van der Waals surface area contributed by atoms with Crippen LogP contribution in [0.4, 0.5) is 17.5 Å². The molecule has 1 aromatic carbocycles. The van der Waals surface area contributed by atoms with Gasteiger partial charge >= 0.3 is 5.97 Å². The summed E-state index contributed by atoms with van der Waals surface area (Å²) >= 11 is 0. The van der Waals surface area contributed by atoms with Gasteiger partial charge in [0, 0.05) is 17.7 Å². The highest BCUT2D eigenvalue weighted by molar-refractivity contribution is 5.72. The highest BCUT2D eigenvalue weighted by Gasteiger charge is 2.26. The molecular formula is C15H16N4O2. The van der Waals surface area contributed by atoms with Crippen molar-refractivity contribution in [1.29, 1.82) is 0 Å². The van der Waals surface area contributed by atoms with E-state index < -0.39 is 5.97 Å². The quantitative estimate of drug-likeness (QED) is 0.755. The van der Waals surface area contributed by atoms with Crippen molar-refractivity contribution in [2.75, 3.05) is 17.2 Å². The van der Waals surface area contributed by atoms with Gasteiger partial charge in [-0.25, -0.2) is 4.98 Å². The third kappa shape index (κ3) is 3.68. The Kier molecular flexibility index (Phi) is 3.68. The Bertz CT molecular complexity index is 641. The van der Waals surface area contributed by atoms with Crippen LogP contribution in [-0.4, -0.2) is 27.6 Å². The Balaban J connectivity index is 1.82. The Morgan fingerprint density at radius 1 is 1.24 bits per heavy atom. The van der Waals surface area contributed by atoms with E-state index in [0.29, 0.717) is 17.7 Å². The van der Waals surface area contributed by atoms with Crippen molar-refractivity contribution in [2.24, 2.45) is 0 Å². The first-order valence-corrected chi connectivity index (χ1v) is 6.87. The van der Waals surface area contributed by atoms with Crippen molar-refractivity contribution in [3.05, 3.63) is 42.1 Å². The fourth-order valence-corrected chi connectivity index (χ4v) is 2.02. The number of aromatic nitrogens is 2. The predicted octanol–water partition coefficient (Wildman–Crippen LogP) is 2.59. The number of hydrogen-bond donors (Lipinski definition) is 3. The molecule has 0 amide bonds. The summed E-state index contributed by atoms with van der Waals surface area (Å²) < 4.78 is 0. The maximum Gasteiger partial charge on any atom is 0.322 e. The van der Waals surface area contributed by atoms with Gasteiger partial charge in [-0.2, -0.15) is 4.98 Å². The highest BCUT2D eigenvalue weighted by atomic mass is 16.4. The predicted molar refractivity (Wildman–Crippen MR) is 79.9 cm³/mol. The first-order chi connectivity index (χ1) is 10.2. The minimum atomic E-state index is -0.937. The van der Waals surface area contributed by atoms with Crippen LogP contribution >= 0.6 is 0 Å². The average molecular weight is 284 g/mol. The van der Waals surface area contributed by atoms with Gasteiger partial charge in [-0.15, -0.1) is 0 Å². The Morgan fingerprint density at radius 3 is 2.67 bits per heavy atom. The van der Waals surface area contributed by atoms with Crippen molar-refractivity contribution in [1.82, 2.24) is 9.97 Å². The molecular weight excluding hydrogens is 268 g/mol. The van der Waals surface area contributed by atoms with Crippen molar-refractivity contribution >= 4 is 23.4 Å². The molecule has 0 aliphatic heterocycles. The highest BCUT2D eigenvalue weighted by Crippen LogP contribution is 2.40. The summed E-state index contributed by atoms with van der Waals surface area (Å²) in [5.74, 6) is 0.550. The van der Waals surface area contributed by atoms with Crippen LogP contribution in [-0.2, 0) is 4.79 Å². The van der Waals surface area contributed by atoms with Gasteiger partial charge in [-0.05, 0) is 25.0 Å². The number of benzene rings is 1. The zero-order valence-electron chi connectivity index (χ0n) is 11.4. The number of nitrogens with zero attached hydrogens (tertiary/aromatic N) is 2. The summed E-state index contributed by atoms with van der Waals surface area (Å²) in [7, 11) is 0. The van der Waals surface area contributed by atoms with E-state index in [2.05, 4.69) is 20.6 Å². The van der Waals surface area contributed by atoms with Crippen molar-refractivity contribution in [2.45, 2.75) is 18.8 Å². The maximum absolute atomic E-state index is 10.6. The fourth-order valence-electron chi connectivity index (χ4n) is 2.02. The SMILES string of the molecule is O=C(O)CNc1nc(Nc2ccccc2)cc(C2CC2)n1. The number of nitrogens with one attached hydrogen (secondary N) is 2. The number of para-hydroxylation sites is 1. The van der Waals surface area contributed by atoms with E-state index in [9.17, 15) is 4.79 Å². The second-order valence-corrected chi connectivity index (χ2v) is 5.01. The zero-order chi connectivity index (χ0) is 14.7. The lowest BCUT2D eigenvalue weighted by atomic mass is 10.2. The second kappa shape index (κ2) is 5.78.